The zero-order chi connectivity index (χ0) is 13.1. The summed E-state index contributed by atoms with van der Waals surface area (Å²) in [6.45, 7) is 1.99. The number of H-pyrrole nitrogens is 1. The van der Waals surface area contributed by atoms with Gasteiger partial charge in [0.05, 0.1) is 19.9 Å². The first kappa shape index (κ1) is 12.8. The molecule has 1 N–H and O–H groups in total. The van der Waals surface area contributed by atoms with Gasteiger partial charge >= 0.3 is 0 Å². The number of nitrogens with one attached hydrogen (secondary N) is 1. The van der Waals surface area contributed by atoms with Crippen molar-refractivity contribution in [1.82, 2.24) is 9.97 Å². The van der Waals surface area contributed by atoms with Crippen LogP contribution in [0.25, 0.3) is 11.3 Å². The van der Waals surface area contributed by atoms with Crippen molar-refractivity contribution in [2.75, 3.05) is 14.2 Å². The van der Waals surface area contributed by atoms with E-state index in [0.29, 0.717) is 5.75 Å². The van der Waals surface area contributed by atoms with Gasteiger partial charge in [0.15, 0.2) is 0 Å². The molecule has 0 saturated carbocycles. The summed E-state index contributed by atoms with van der Waals surface area (Å²) in [5.41, 5.74) is 2.83. The Bertz CT molecular complexity index is 552. The fourth-order valence-electron chi connectivity index (χ4n) is 1.85. The van der Waals surface area contributed by atoms with E-state index in [-0.39, 0.29) is 0 Å². The quantitative estimate of drug-likeness (QED) is 0.835. The number of methoxy groups -OCH3 is 2. The number of hydrogen-bond acceptors (Lipinski definition) is 4. The molecule has 4 nitrogen and oxygen atoms in total. The van der Waals surface area contributed by atoms with Crippen LogP contribution in [0.5, 0.6) is 11.5 Å². The lowest BCUT2D eigenvalue weighted by atomic mass is 10.1. The smallest absolute Gasteiger partial charge is 0.132 e. The lowest BCUT2D eigenvalue weighted by molar-refractivity contribution is 0.395. The second-order valence-corrected chi connectivity index (χ2v) is 4.20. The molecule has 1 heterocycles. The Hall–Kier alpha value is -1.62. The number of rotatable bonds is 4. The third-order valence-electron chi connectivity index (χ3n) is 2.75. The second kappa shape index (κ2) is 5.35. The maximum absolute atomic E-state index is 5.39. The van der Waals surface area contributed by atoms with Gasteiger partial charge in [-0.2, -0.15) is 12.6 Å². The van der Waals surface area contributed by atoms with E-state index in [4.69, 9.17) is 9.47 Å². The third-order valence-corrected chi connectivity index (χ3v) is 3.05. The first-order valence-corrected chi connectivity index (χ1v) is 6.21. The number of imidazole rings is 1. The highest BCUT2D eigenvalue weighted by Crippen LogP contribution is 2.33. The van der Waals surface area contributed by atoms with Crippen LogP contribution in [0.3, 0.4) is 0 Å². The third kappa shape index (κ3) is 2.31. The SMILES string of the molecule is COc1ccc(-c2nc(CS)[nH]c2C)c(OC)c1. The van der Waals surface area contributed by atoms with Crippen LogP contribution < -0.4 is 9.47 Å². The molecular formula is C13H16N2O2S. The molecule has 1 aromatic heterocycles. The molecule has 0 unspecified atom stereocenters. The van der Waals surface area contributed by atoms with E-state index < -0.39 is 0 Å². The number of ether oxygens (including phenoxy) is 2. The van der Waals surface area contributed by atoms with Crippen molar-refractivity contribution < 1.29 is 9.47 Å². The van der Waals surface area contributed by atoms with Gasteiger partial charge in [0.25, 0.3) is 0 Å². The Morgan fingerprint density at radius 1 is 1.28 bits per heavy atom. The molecule has 0 atom stereocenters. The monoisotopic (exact) mass is 264 g/mol. The predicted molar refractivity (Wildman–Crippen MR) is 74.6 cm³/mol. The summed E-state index contributed by atoms with van der Waals surface area (Å²) < 4.78 is 10.6. The average molecular weight is 264 g/mol. The van der Waals surface area contributed by atoms with E-state index in [1.807, 2.05) is 25.1 Å². The van der Waals surface area contributed by atoms with Gasteiger partial charge in [0.1, 0.15) is 17.3 Å². The van der Waals surface area contributed by atoms with Crippen LogP contribution in [-0.4, -0.2) is 24.2 Å². The first-order valence-electron chi connectivity index (χ1n) is 5.58. The van der Waals surface area contributed by atoms with Gasteiger partial charge in [-0.25, -0.2) is 4.98 Å². The van der Waals surface area contributed by atoms with Gasteiger partial charge in [0, 0.05) is 23.1 Å². The second-order valence-electron chi connectivity index (χ2n) is 3.88. The molecule has 0 amide bonds. The van der Waals surface area contributed by atoms with E-state index >= 15 is 0 Å². The molecule has 0 aliphatic heterocycles. The van der Waals surface area contributed by atoms with Crippen molar-refractivity contribution in [1.29, 1.82) is 0 Å². The fourth-order valence-corrected chi connectivity index (χ4v) is 2.00. The zero-order valence-corrected chi connectivity index (χ0v) is 11.5. The number of benzene rings is 1. The normalized spacial score (nSPS) is 10.4. The van der Waals surface area contributed by atoms with Crippen molar-refractivity contribution in [2.45, 2.75) is 12.7 Å². The van der Waals surface area contributed by atoms with E-state index in [9.17, 15) is 0 Å². The summed E-state index contributed by atoms with van der Waals surface area (Å²) in [4.78, 5) is 7.71. The Morgan fingerprint density at radius 3 is 2.61 bits per heavy atom. The van der Waals surface area contributed by atoms with Crippen LogP contribution in [0.2, 0.25) is 0 Å². The Kier molecular flexibility index (Phi) is 3.81. The molecule has 0 saturated heterocycles. The zero-order valence-electron chi connectivity index (χ0n) is 10.7. The number of aromatic nitrogens is 2. The van der Waals surface area contributed by atoms with E-state index in [2.05, 4.69) is 22.6 Å². The van der Waals surface area contributed by atoms with Gasteiger partial charge in [-0.05, 0) is 19.1 Å². The average Bonchev–Trinajstić information content (AvgIpc) is 2.79. The molecule has 2 aromatic rings. The van der Waals surface area contributed by atoms with Crippen LogP contribution in [-0.2, 0) is 5.75 Å². The highest BCUT2D eigenvalue weighted by Gasteiger charge is 2.13. The van der Waals surface area contributed by atoms with Gasteiger partial charge in [-0.1, -0.05) is 0 Å². The molecule has 0 fully saturated rings. The van der Waals surface area contributed by atoms with Crippen LogP contribution >= 0.6 is 12.6 Å². The van der Waals surface area contributed by atoms with Gasteiger partial charge in [-0.3, -0.25) is 0 Å². The minimum atomic E-state index is 0.583. The van der Waals surface area contributed by atoms with E-state index in [0.717, 1.165) is 34.3 Å². The summed E-state index contributed by atoms with van der Waals surface area (Å²) in [5.74, 6) is 2.94. The lowest BCUT2D eigenvalue weighted by Crippen LogP contribution is -1.91. The predicted octanol–water partition coefficient (Wildman–Crippen LogP) is 2.83. The lowest BCUT2D eigenvalue weighted by Gasteiger charge is -2.09. The standard InChI is InChI=1S/C13H16N2O2S/c1-8-13(15-12(7-18)14-8)10-5-4-9(16-2)6-11(10)17-3/h4-6,18H,7H2,1-3H3,(H,14,15). The number of hydrogen-bond donors (Lipinski definition) is 2. The molecule has 18 heavy (non-hydrogen) atoms. The van der Waals surface area contributed by atoms with Crippen molar-refractivity contribution in [3.63, 3.8) is 0 Å². The van der Waals surface area contributed by atoms with Gasteiger partial charge in [-0.15, -0.1) is 0 Å². The highest BCUT2D eigenvalue weighted by atomic mass is 32.1. The van der Waals surface area contributed by atoms with Crippen LogP contribution in [0.15, 0.2) is 18.2 Å². The Balaban J connectivity index is 2.52. The molecule has 1 aromatic carbocycles. The Labute approximate surface area is 112 Å². The summed E-state index contributed by atoms with van der Waals surface area (Å²) in [6.07, 6.45) is 0. The summed E-state index contributed by atoms with van der Waals surface area (Å²) in [7, 11) is 3.27. The van der Waals surface area contributed by atoms with Crippen LogP contribution in [0, 0.1) is 6.92 Å². The molecule has 0 spiro atoms. The fraction of sp³-hybridized carbons (Fsp3) is 0.308. The molecule has 0 bridgehead atoms. The molecule has 5 heteroatoms. The summed E-state index contributed by atoms with van der Waals surface area (Å²) >= 11 is 4.22. The maximum Gasteiger partial charge on any atom is 0.132 e. The molecule has 96 valence electrons. The summed E-state index contributed by atoms with van der Waals surface area (Å²) in [6, 6.07) is 5.69. The summed E-state index contributed by atoms with van der Waals surface area (Å²) in [5, 5.41) is 0. The largest absolute Gasteiger partial charge is 0.497 e. The minimum absolute atomic E-state index is 0.583. The van der Waals surface area contributed by atoms with Crippen molar-refractivity contribution in [2.24, 2.45) is 0 Å². The van der Waals surface area contributed by atoms with E-state index in [1.165, 1.54) is 0 Å². The maximum atomic E-state index is 5.39. The van der Waals surface area contributed by atoms with Crippen molar-refractivity contribution >= 4 is 12.6 Å². The number of aryl methyl sites for hydroxylation is 1. The first-order chi connectivity index (χ1) is 8.69. The van der Waals surface area contributed by atoms with Crippen molar-refractivity contribution in [3.05, 3.63) is 29.7 Å². The van der Waals surface area contributed by atoms with Crippen LogP contribution in [0.1, 0.15) is 11.5 Å². The molecular weight excluding hydrogens is 248 g/mol. The topological polar surface area (TPSA) is 47.1 Å². The number of thiol groups is 1. The molecule has 0 radical (unpaired) electrons. The molecule has 2 rings (SSSR count). The highest BCUT2D eigenvalue weighted by molar-refractivity contribution is 7.79. The van der Waals surface area contributed by atoms with E-state index in [1.54, 1.807) is 14.2 Å². The van der Waals surface area contributed by atoms with Crippen molar-refractivity contribution in [3.8, 4) is 22.8 Å². The number of nitrogens with zero attached hydrogens (tertiary/aromatic N) is 1. The minimum Gasteiger partial charge on any atom is -0.497 e. The van der Waals surface area contributed by atoms with Crippen LogP contribution in [0.4, 0.5) is 0 Å². The van der Waals surface area contributed by atoms with Gasteiger partial charge in [0.2, 0.25) is 0 Å². The number of aromatic amines is 1. The van der Waals surface area contributed by atoms with Gasteiger partial charge < -0.3 is 14.5 Å². The molecule has 0 aliphatic carbocycles. The molecule has 0 aliphatic rings. The Morgan fingerprint density at radius 2 is 2.06 bits per heavy atom.